The molecule has 53 unspecified atom stereocenters. The van der Waals surface area contributed by atoms with Crippen LogP contribution < -0.4 is 0 Å². The second-order valence-electron chi connectivity index (χ2n) is 37.2. The number of aliphatic hydroxyl groups is 41. The summed E-state index contributed by atoms with van der Waals surface area (Å²) in [6.07, 6.45) is -92.9. The normalized spacial score (nSPS) is 52.9. The molecule has 66 nitrogen and oxygen atoms in total. The molecule has 0 amide bonds. The molecule has 840 valence electrons. The zero-order valence-electron chi connectivity index (χ0n) is 75.9. The van der Waals surface area contributed by atoms with E-state index in [1.807, 2.05) is 0 Å². The van der Waals surface area contributed by atoms with E-state index in [9.17, 15) is 209 Å². The van der Waals surface area contributed by atoms with Crippen molar-refractivity contribution in [1.29, 1.82) is 0 Å². The maximum absolute atomic E-state index is 12.3. The van der Waals surface area contributed by atoms with E-state index >= 15 is 0 Å². The molecule has 13 fully saturated rings. The fraction of sp³-hybridized carbons (Fsp3) is 1.00. The minimum Gasteiger partial charge on any atom is -0.394 e. The van der Waals surface area contributed by atoms with Crippen molar-refractivity contribution < 1.29 is 328 Å². The first-order chi connectivity index (χ1) is 67.9. The summed E-state index contributed by atoms with van der Waals surface area (Å²) in [5.41, 5.74) is 0. The lowest BCUT2D eigenvalue weighted by Crippen LogP contribution is -2.64. The Labute approximate surface area is 810 Å². The molecule has 13 rings (SSSR count). The Kier molecular flexibility index (Phi) is 38.2. The van der Waals surface area contributed by atoms with Crippen molar-refractivity contribution in [2.75, 3.05) is 165 Å². The molecule has 13 aliphatic heterocycles. The lowest BCUT2D eigenvalue weighted by molar-refractivity contribution is -0.407. The van der Waals surface area contributed by atoms with Crippen molar-refractivity contribution in [3.63, 3.8) is 0 Å². The fourth-order valence-electron chi connectivity index (χ4n) is 19.2. The van der Waals surface area contributed by atoms with Gasteiger partial charge in [-0.25, -0.2) is 0 Å². The number of aliphatic hydroxyl groups excluding tert-OH is 41. The first-order valence-corrected chi connectivity index (χ1v) is 45.4. The molecular weight excluding hydrogens is 1990 g/mol. The smallest absolute Gasteiger partial charge is 0.224 e. The van der Waals surface area contributed by atoms with Crippen LogP contribution in [0.15, 0.2) is 0 Å². The predicted octanol–water partition coefficient (Wildman–Crippen LogP) is -29.3. The molecule has 13 heterocycles. The first kappa shape index (κ1) is 118. The average molecular weight is 2130 g/mol. The highest BCUT2D eigenvalue weighted by atomic mass is 16.9. The van der Waals surface area contributed by atoms with Gasteiger partial charge in [0.2, 0.25) is 69.4 Å². The Bertz CT molecular complexity index is 3890. The molecule has 0 saturated carbocycles. The quantitative estimate of drug-likeness (QED) is 0.0269. The largest absolute Gasteiger partial charge is 0.394 e. The van der Waals surface area contributed by atoms with Crippen LogP contribution in [-0.4, -0.2) is 694 Å². The number of rotatable bonds is 49. The highest BCUT2D eigenvalue weighted by molar-refractivity contribution is 5.12. The van der Waals surface area contributed by atoms with E-state index in [2.05, 4.69) is 0 Å². The number of ether oxygens (including phenoxy) is 25. The van der Waals surface area contributed by atoms with Crippen LogP contribution in [0.5, 0.6) is 0 Å². The molecule has 0 radical (unpaired) electrons. The van der Waals surface area contributed by atoms with Gasteiger partial charge in [0.25, 0.3) is 0 Å². The topological polar surface area (TPSA) is 1060 Å². The van der Waals surface area contributed by atoms with E-state index in [0.29, 0.717) is 0 Å². The van der Waals surface area contributed by atoms with Crippen LogP contribution in [-0.2, 0) is 118 Å². The van der Waals surface area contributed by atoms with Crippen molar-refractivity contribution in [1.82, 2.24) is 0 Å². The lowest BCUT2D eigenvalue weighted by atomic mass is 9.99. The van der Waals surface area contributed by atoms with E-state index in [1.165, 1.54) is 0 Å². The molecule has 0 aromatic rings. The molecule has 13 aliphatic rings. The first-order valence-electron chi connectivity index (χ1n) is 45.4. The fourth-order valence-corrected chi connectivity index (χ4v) is 19.2. The van der Waals surface area contributed by atoms with Gasteiger partial charge in [0, 0.05) is 0 Å². The van der Waals surface area contributed by atoms with Crippen molar-refractivity contribution in [3.8, 4) is 0 Å². The third-order valence-corrected chi connectivity index (χ3v) is 28.3. The van der Waals surface area contributed by atoms with Gasteiger partial charge < -0.3 is 328 Å². The van der Waals surface area contributed by atoms with E-state index in [-0.39, 0.29) is 0 Å². The standard InChI is InChI=1S/C78H132O66/c79-1-26-39(93)52(106)53(107)66(131-26)144-78(65(119)51(105)38(13-91)143-78)25-130-77(64(118)50(104)37(12-90)142-77)24-129-76(63(117)49(103)36(11-89)141-76)23-128-75(62(116)48(102)35(10-88)140-75)22-127-74(61(115)47(101)34(9-87)139-74)21-126-73(60(114)46(100)33(8-86)138-73)20-125-72(59(113)45(99)32(7-85)137-72)19-124-71(58(112)44(98)31(6-84)136-71)18-123-70(57(111)43(97)30(5-83)135-70)17-122-69(56(110)42(96)29(4-82)134-69)16-121-68(55(109)41(95)28(3-81)133-68)15-120-67(14-92)54(108)40(94)27(2-80)132-67/h26-66,79-119H,1-25H2. The molecule has 144 heavy (non-hydrogen) atoms. The summed E-state index contributed by atoms with van der Waals surface area (Å²) in [6, 6.07) is 0. The Morgan fingerprint density at radius 1 is 0.139 bits per heavy atom. The van der Waals surface area contributed by atoms with Gasteiger partial charge >= 0.3 is 0 Å². The van der Waals surface area contributed by atoms with Gasteiger partial charge in [0.1, 0.15) is 323 Å². The van der Waals surface area contributed by atoms with Gasteiger partial charge in [-0.05, 0) is 0 Å². The van der Waals surface area contributed by atoms with Crippen LogP contribution in [0.1, 0.15) is 0 Å². The summed E-state index contributed by atoms with van der Waals surface area (Å²) in [6.45, 7) is -34.8. The Balaban J connectivity index is 0.790. The summed E-state index contributed by atoms with van der Waals surface area (Å²) in [4.78, 5) is 0. The van der Waals surface area contributed by atoms with Crippen molar-refractivity contribution in [3.05, 3.63) is 0 Å². The average Bonchev–Trinajstić information content (AvgIpc) is 1.58. The van der Waals surface area contributed by atoms with E-state index in [0.717, 1.165) is 0 Å². The molecule has 0 aliphatic carbocycles. The molecule has 13 saturated heterocycles. The van der Waals surface area contributed by atoms with E-state index in [1.54, 1.807) is 0 Å². The van der Waals surface area contributed by atoms with Crippen LogP contribution in [0.25, 0.3) is 0 Å². The van der Waals surface area contributed by atoms with Gasteiger partial charge in [0.05, 0.1) is 85.9 Å². The van der Waals surface area contributed by atoms with Crippen molar-refractivity contribution >= 4 is 0 Å². The zero-order valence-corrected chi connectivity index (χ0v) is 75.9. The number of hydrogen-bond donors (Lipinski definition) is 41. The van der Waals surface area contributed by atoms with Crippen molar-refractivity contribution in [2.24, 2.45) is 0 Å². The Hall–Kier alpha value is -2.64. The van der Waals surface area contributed by atoms with Gasteiger partial charge in [0.15, 0.2) is 6.29 Å². The molecule has 0 aromatic heterocycles. The molecular formula is C78H132O66. The Morgan fingerprint density at radius 3 is 0.410 bits per heavy atom. The Morgan fingerprint density at radius 2 is 0.264 bits per heavy atom. The van der Waals surface area contributed by atoms with Crippen LogP contribution in [0.3, 0.4) is 0 Å². The lowest BCUT2D eigenvalue weighted by Gasteiger charge is -2.45. The number of hydrogen-bond acceptors (Lipinski definition) is 66. The highest BCUT2D eigenvalue weighted by Gasteiger charge is 2.73. The summed E-state index contributed by atoms with van der Waals surface area (Å²) < 4.78 is 148. The molecule has 0 spiro atoms. The minimum absolute atomic E-state index is 0.995. The SMILES string of the molecule is OCC1OC(OC2(COC3(COC4(COC5(COC6(COC7(COC8(COC9(COC%10(COC%11(COC%12(COC%13(CO)OC(CO)C(O)C%13O)OC(CO)C(O)C%12O)OC(CO)C(O)C%11O)OC(CO)C(O)C%10O)OC(CO)C(O)C9O)OC(CO)C(O)C8O)OC(CO)C(O)C7O)OC(CO)C(O)C6O)OC(CO)C(O)C5O)OC(CO)C(O)C4O)OC(CO)C(O)C3O)OC(CO)C(O)C2O)C(O)C(O)C1O. The molecule has 53 atom stereocenters. The molecule has 66 heteroatoms. The predicted molar refractivity (Wildman–Crippen MR) is 428 cm³/mol. The summed E-state index contributed by atoms with van der Waals surface area (Å²) in [7, 11) is 0. The maximum Gasteiger partial charge on any atom is 0.224 e. The van der Waals surface area contributed by atoms with E-state index < -0.39 is 485 Å². The van der Waals surface area contributed by atoms with Crippen LogP contribution >= 0.6 is 0 Å². The van der Waals surface area contributed by atoms with Crippen molar-refractivity contribution in [2.45, 2.75) is 320 Å². The molecule has 41 N–H and O–H groups in total. The third kappa shape index (κ3) is 21.0. The maximum atomic E-state index is 12.3. The van der Waals surface area contributed by atoms with Gasteiger partial charge in [-0.2, -0.15) is 0 Å². The zero-order chi connectivity index (χ0) is 106. The summed E-state index contributed by atoms with van der Waals surface area (Å²) in [5, 5.41) is 459. The second kappa shape index (κ2) is 46.4. The third-order valence-electron chi connectivity index (χ3n) is 28.3. The van der Waals surface area contributed by atoms with E-state index in [4.69, 9.17) is 118 Å². The van der Waals surface area contributed by atoms with Gasteiger partial charge in [-0.1, -0.05) is 0 Å². The van der Waals surface area contributed by atoms with Crippen LogP contribution in [0.2, 0.25) is 0 Å². The summed E-state index contributed by atoms with van der Waals surface area (Å²) in [5.74, 6) is -38.2. The molecule has 0 bridgehead atoms. The second-order valence-corrected chi connectivity index (χ2v) is 37.2. The van der Waals surface area contributed by atoms with Gasteiger partial charge in [-0.15, -0.1) is 0 Å². The van der Waals surface area contributed by atoms with Crippen LogP contribution in [0.4, 0.5) is 0 Å². The minimum atomic E-state index is -3.34. The monoisotopic (exact) mass is 2120 g/mol. The highest BCUT2D eigenvalue weighted by Crippen LogP contribution is 2.51. The molecule has 0 aromatic carbocycles. The summed E-state index contributed by atoms with van der Waals surface area (Å²) >= 11 is 0. The van der Waals surface area contributed by atoms with Gasteiger partial charge in [-0.3, -0.25) is 0 Å². The van der Waals surface area contributed by atoms with Crippen LogP contribution in [0, 0.1) is 0 Å².